The number of hydrogen-bond donors (Lipinski definition) is 1. The van der Waals surface area contributed by atoms with Crippen molar-refractivity contribution in [1.82, 2.24) is 14.5 Å². The summed E-state index contributed by atoms with van der Waals surface area (Å²) in [5.41, 5.74) is 0.888. The van der Waals surface area contributed by atoms with Gasteiger partial charge in [0.15, 0.2) is 5.11 Å². The standard InChI is InChI=1S/C18H19F2N3O2S2/c19-15-7-5-14(6-8-15)13-21-18(26)22-9-11-23(12-10-22)27(24,25)17-4-2-1-3-16(17)20/h1-8H,9-13H2,(H,21,26). The fraction of sp³-hybridized carbons (Fsp3) is 0.278. The second-order valence-electron chi connectivity index (χ2n) is 6.11. The van der Waals surface area contributed by atoms with Crippen LogP contribution >= 0.6 is 12.2 Å². The highest BCUT2D eigenvalue weighted by Crippen LogP contribution is 2.20. The highest BCUT2D eigenvalue weighted by atomic mass is 32.2. The summed E-state index contributed by atoms with van der Waals surface area (Å²) in [5, 5.41) is 3.59. The summed E-state index contributed by atoms with van der Waals surface area (Å²) in [6.07, 6.45) is 0. The van der Waals surface area contributed by atoms with Crippen molar-refractivity contribution in [2.75, 3.05) is 26.2 Å². The molecular formula is C18H19F2N3O2S2. The number of halogens is 2. The monoisotopic (exact) mass is 411 g/mol. The summed E-state index contributed by atoms with van der Waals surface area (Å²) in [6, 6.07) is 11.5. The van der Waals surface area contributed by atoms with Gasteiger partial charge in [0, 0.05) is 32.7 Å². The summed E-state index contributed by atoms with van der Waals surface area (Å²) in [7, 11) is -3.87. The lowest BCUT2D eigenvalue weighted by atomic mass is 10.2. The Morgan fingerprint density at radius 1 is 1.00 bits per heavy atom. The predicted molar refractivity (Wildman–Crippen MR) is 103 cm³/mol. The molecule has 1 aliphatic heterocycles. The first-order chi connectivity index (χ1) is 12.9. The maximum absolute atomic E-state index is 13.9. The Hall–Kier alpha value is -2.10. The third-order valence-electron chi connectivity index (χ3n) is 4.34. The minimum absolute atomic E-state index is 0.217. The summed E-state index contributed by atoms with van der Waals surface area (Å²) in [4.78, 5) is 1.56. The third-order valence-corrected chi connectivity index (χ3v) is 6.67. The van der Waals surface area contributed by atoms with Gasteiger partial charge in [0.05, 0.1) is 0 Å². The molecule has 3 rings (SSSR count). The van der Waals surface area contributed by atoms with Gasteiger partial charge in [-0.25, -0.2) is 17.2 Å². The first kappa shape index (κ1) is 19.7. The lowest BCUT2D eigenvalue weighted by molar-refractivity contribution is 0.263. The van der Waals surface area contributed by atoms with Crippen LogP contribution in [-0.4, -0.2) is 48.9 Å². The molecule has 1 heterocycles. The molecule has 27 heavy (non-hydrogen) atoms. The Labute approximate surface area is 162 Å². The fourth-order valence-corrected chi connectivity index (χ4v) is 4.56. The van der Waals surface area contributed by atoms with Gasteiger partial charge in [0.25, 0.3) is 0 Å². The largest absolute Gasteiger partial charge is 0.358 e. The van der Waals surface area contributed by atoms with Crippen LogP contribution in [0.15, 0.2) is 53.4 Å². The van der Waals surface area contributed by atoms with Gasteiger partial charge in [-0.3, -0.25) is 0 Å². The van der Waals surface area contributed by atoms with E-state index < -0.39 is 15.8 Å². The number of sulfonamides is 1. The first-order valence-corrected chi connectivity index (χ1v) is 10.2. The molecule has 144 valence electrons. The van der Waals surface area contributed by atoms with Crippen molar-refractivity contribution in [3.05, 3.63) is 65.7 Å². The molecule has 1 saturated heterocycles. The second-order valence-corrected chi connectivity index (χ2v) is 8.40. The summed E-state index contributed by atoms with van der Waals surface area (Å²) in [6.45, 7) is 1.70. The van der Waals surface area contributed by atoms with Crippen molar-refractivity contribution in [1.29, 1.82) is 0 Å². The SMILES string of the molecule is O=S(=O)(c1ccccc1F)N1CCN(C(=S)NCc2ccc(F)cc2)CC1. The molecule has 0 aromatic heterocycles. The Kier molecular flexibility index (Phi) is 6.03. The van der Waals surface area contributed by atoms with Crippen LogP contribution < -0.4 is 5.32 Å². The Balaban J connectivity index is 1.56. The van der Waals surface area contributed by atoms with Gasteiger partial charge in [-0.2, -0.15) is 4.31 Å². The van der Waals surface area contributed by atoms with E-state index in [9.17, 15) is 17.2 Å². The molecule has 5 nitrogen and oxygen atoms in total. The molecule has 0 unspecified atom stereocenters. The van der Waals surface area contributed by atoms with Crippen molar-refractivity contribution < 1.29 is 17.2 Å². The number of hydrogen-bond acceptors (Lipinski definition) is 3. The molecule has 2 aromatic rings. The Morgan fingerprint density at radius 2 is 1.63 bits per heavy atom. The molecule has 0 bridgehead atoms. The molecule has 0 saturated carbocycles. The topological polar surface area (TPSA) is 52.7 Å². The maximum atomic E-state index is 13.9. The van der Waals surface area contributed by atoms with Crippen LogP contribution in [0, 0.1) is 11.6 Å². The van der Waals surface area contributed by atoms with Crippen molar-refractivity contribution in [2.45, 2.75) is 11.4 Å². The molecule has 0 aliphatic carbocycles. The van der Waals surface area contributed by atoms with Crippen molar-refractivity contribution in [3.8, 4) is 0 Å². The van der Waals surface area contributed by atoms with E-state index in [0.717, 1.165) is 11.6 Å². The van der Waals surface area contributed by atoms with Crippen LogP contribution in [0.2, 0.25) is 0 Å². The molecule has 0 atom stereocenters. The van der Waals surface area contributed by atoms with Crippen LogP contribution in [0.5, 0.6) is 0 Å². The molecule has 1 fully saturated rings. The average Bonchev–Trinajstić information content (AvgIpc) is 2.67. The van der Waals surface area contributed by atoms with Crippen LogP contribution in [0.25, 0.3) is 0 Å². The number of nitrogens with zero attached hydrogens (tertiary/aromatic N) is 2. The van der Waals surface area contributed by atoms with Crippen LogP contribution in [0.1, 0.15) is 5.56 Å². The van der Waals surface area contributed by atoms with E-state index >= 15 is 0 Å². The number of thiocarbonyl (C=S) groups is 1. The van der Waals surface area contributed by atoms with Gasteiger partial charge in [-0.05, 0) is 42.0 Å². The van der Waals surface area contributed by atoms with Crippen LogP contribution in [0.4, 0.5) is 8.78 Å². The quantitative estimate of drug-likeness (QED) is 0.783. The van der Waals surface area contributed by atoms with Crippen LogP contribution in [-0.2, 0) is 16.6 Å². The van der Waals surface area contributed by atoms with E-state index in [-0.39, 0.29) is 23.8 Å². The lowest BCUT2D eigenvalue weighted by Crippen LogP contribution is -2.52. The number of nitrogens with one attached hydrogen (secondary N) is 1. The smallest absolute Gasteiger partial charge is 0.246 e. The zero-order valence-electron chi connectivity index (χ0n) is 14.4. The van der Waals surface area contributed by atoms with Gasteiger partial charge in [-0.15, -0.1) is 0 Å². The van der Waals surface area contributed by atoms with Crippen molar-refractivity contribution in [3.63, 3.8) is 0 Å². The van der Waals surface area contributed by atoms with Crippen molar-refractivity contribution in [2.24, 2.45) is 0 Å². The molecule has 0 radical (unpaired) electrons. The first-order valence-electron chi connectivity index (χ1n) is 8.40. The molecule has 0 amide bonds. The molecule has 1 aliphatic rings. The number of benzene rings is 2. The Bertz CT molecular complexity index is 912. The highest BCUT2D eigenvalue weighted by molar-refractivity contribution is 7.89. The minimum atomic E-state index is -3.87. The van der Waals surface area contributed by atoms with E-state index in [4.69, 9.17) is 12.2 Å². The zero-order chi connectivity index (χ0) is 19.4. The van der Waals surface area contributed by atoms with Gasteiger partial charge in [0.1, 0.15) is 16.5 Å². The molecule has 0 spiro atoms. The van der Waals surface area contributed by atoms with E-state index in [0.29, 0.717) is 24.7 Å². The fourth-order valence-electron chi connectivity index (χ4n) is 2.82. The summed E-state index contributed by atoms with van der Waals surface area (Å²) in [5.74, 6) is -1.05. The molecular weight excluding hydrogens is 392 g/mol. The molecule has 1 N–H and O–H groups in total. The Morgan fingerprint density at radius 3 is 2.26 bits per heavy atom. The summed E-state index contributed by atoms with van der Waals surface area (Å²) >= 11 is 5.36. The lowest BCUT2D eigenvalue weighted by Gasteiger charge is -2.35. The van der Waals surface area contributed by atoms with E-state index in [1.54, 1.807) is 12.1 Å². The summed E-state index contributed by atoms with van der Waals surface area (Å²) < 4.78 is 53.3. The highest BCUT2D eigenvalue weighted by Gasteiger charge is 2.30. The van der Waals surface area contributed by atoms with Gasteiger partial charge in [0.2, 0.25) is 10.0 Å². The molecule has 2 aromatic carbocycles. The zero-order valence-corrected chi connectivity index (χ0v) is 16.1. The van der Waals surface area contributed by atoms with E-state index in [1.165, 1.54) is 34.6 Å². The van der Waals surface area contributed by atoms with E-state index in [2.05, 4.69) is 5.32 Å². The van der Waals surface area contributed by atoms with Crippen LogP contribution in [0.3, 0.4) is 0 Å². The second kappa shape index (κ2) is 8.28. The number of rotatable bonds is 4. The van der Waals surface area contributed by atoms with E-state index in [1.807, 2.05) is 4.90 Å². The number of piperazine rings is 1. The maximum Gasteiger partial charge on any atom is 0.246 e. The van der Waals surface area contributed by atoms with Gasteiger partial charge in [-0.1, -0.05) is 24.3 Å². The third kappa shape index (κ3) is 4.60. The normalized spacial score (nSPS) is 15.6. The molecule has 9 heteroatoms. The van der Waals surface area contributed by atoms with Gasteiger partial charge >= 0.3 is 0 Å². The average molecular weight is 411 g/mol. The van der Waals surface area contributed by atoms with Crippen molar-refractivity contribution >= 4 is 27.4 Å². The minimum Gasteiger partial charge on any atom is -0.358 e. The predicted octanol–water partition coefficient (Wildman–Crippen LogP) is 2.35. The van der Waals surface area contributed by atoms with Gasteiger partial charge < -0.3 is 10.2 Å².